The van der Waals surface area contributed by atoms with Crippen molar-refractivity contribution in [1.29, 1.82) is 0 Å². The van der Waals surface area contributed by atoms with Crippen LogP contribution in [0.5, 0.6) is 0 Å². The lowest BCUT2D eigenvalue weighted by Gasteiger charge is -2.32. The Morgan fingerprint density at radius 1 is 1.24 bits per heavy atom. The second-order valence-electron chi connectivity index (χ2n) is 5.92. The number of benzene rings is 1. The van der Waals surface area contributed by atoms with Gasteiger partial charge in [-0.2, -0.15) is 0 Å². The third-order valence-electron chi connectivity index (χ3n) is 4.25. The summed E-state index contributed by atoms with van der Waals surface area (Å²) in [5, 5.41) is 0. The number of hydrogen-bond donors (Lipinski definition) is 0. The first-order valence-electron chi connectivity index (χ1n) is 7.25. The van der Waals surface area contributed by atoms with E-state index in [1.807, 2.05) is 33.0 Å². The van der Waals surface area contributed by atoms with Crippen molar-refractivity contribution in [2.75, 3.05) is 38.2 Å². The van der Waals surface area contributed by atoms with Gasteiger partial charge in [-0.3, -0.25) is 9.59 Å². The van der Waals surface area contributed by atoms with E-state index in [2.05, 4.69) is 4.90 Å². The van der Waals surface area contributed by atoms with Crippen LogP contribution in [0, 0.1) is 13.8 Å². The Morgan fingerprint density at radius 2 is 1.95 bits per heavy atom. The Bertz CT molecular complexity index is 612. The van der Waals surface area contributed by atoms with Gasteiger partial charge >= 0.3 is 0 Å². The normalized spacial score (nSPS) is 22.8. The molecule has 2 aliphatic rings. The molecule has 1 unspecified atom stereocenters. The van der Waals surface area contributed by atoms with E-state index in [1.165, 1.54) is 0 Å². The second-order valence-corrected chi connectivity index (χ2v) is 5.92. The molecule has 1 saturated heterocycles. The van der Waals surface area contributed by atoms with E-state index >= 15 is 0 Å². The number of amides is 1. The molecule has 112 valence electrons. The number of aryl methyl sites for hydroxylation is 2. The second kappa shape index (κ2) is 5.24. The molecule has 1 amide bonds. The molecule has 5 nitrogen and oxygen atoms in total. The van der Waals surface area contributed by atoms with E-state index in [-0.39, 0.29) is 6.10 Å². The van der Waals surface area contributed by atoms with Crippen LogP contribution in [0.1, 0.15) is 21.5 Å². The maximum absolute atomic E-state index is 12.3. The number of ether oxygens (including phenoxy) is 1. The van der Waals surface area contributed by atoms with Crippen molar-refractivity contribution >= 4 is 17.4 Å². The van der Waals surface area contributed by atoms with Crippen LogP contribution in [-0.2, 0) is 9.53 Å². The number of morpholine rings is 1. The van der Waals surface area contributed by atoms with Crippen molar-refractivity contribution in [2.24, 2.45) is 0 Å². The zero-order valence-electron chi connectivity index (χ0n) is 12.7. The zero-order valence-corrected chi connectivity index (χ0v) is 12.7. The molecule has 1 aromatic carbocycles. The van der Waals surface area contributed by atoms with Crippen LogP contribution in [0.15, 0.2) is 12.1 Å². The highest BCUT2D eigenvalue weighted by atomic mass is 16.5. The smallest absolute Gasteiger partial charge is 0.299 e. The number of nitrogens with zero attached hydrogens (tertiary/aromatic N) is 2. The summed E-state index contributed by atoms with van der Waals surface area (Å²) in [5.74, 6) is -0.824. The topological polar surface area (TPSA) is 49.9 Å². The van der Waals surface area contributed by atoms with Crippen molar-refractivity contribution in [3.63, 3.8) is 0 Å². The largest absolute Gasteiger partial charge is 0.374 e. The Hall–Kier alpha value is -1.72. The van der Waals surface area contributed by atoms with E-state index in [1.54, 1.807) is 4.90 Å². The average Bonchev–Trinajstić information content (AvgIpc) is 2.69. The van der Waals surface area contributed by atoms with Crippen molar-refractivity contribution in [2.45, 2.75) is 20.0 Å². The Morgan fingerprint density at radius 3 is 2.67 bits per heavy atom. The molecule has 3 rings (SSSR count). The minimum atomic E-state index is -0.431. The molecule has 1 fully saturated rings. The maximum Gasteiger partial charge on any atom is 0.299 e. The van der Waals surface area contributed by atoms with Gasteiger partial charge in [0.15, 0.2) is 0 Å². The SMILES string of the molecule is Cc1ccc(C)c2c1C(=O)C(=O)N2CC1CN(C)CCO1. The fraction of sp³-hybridized carbons (Fsp3) is 0.500. The maximum atomic E-state index is 12.3. The van der Waals surface area contributed by atoms with Gasteiger partial charge in [0.05, 0.1) is 30.5 Å². The first kappa shape index (κ1) is 14.2. The van der Waals surface area contributed by atoms with E-state index < -0.39 is 11.7 Å². The number of fused-ring (bicyclic) bond motifs is 1. The molecular weight excluding hydrogens is 268 g/mol. The number of rotatable bonds is 2. The highest BCUT2D eigenvalue weighted by molar-refractivity contribution is 6.52. The van der Waals surface area contributed by atoms with Gasteiger partial charge in [-0.15, -0.1) is 0 Å². The monoisotopic (exact) mass is 288 g/mol. The van der Waals surface area contributed by atoms with Gasteiger partial charge in [-0.25, -0.2) is 0 Å². The van der Waals surface area contributed by atoms with Crippen molar-refractivity contribution in [3.05, 3.63) is 28.8 Å². The predicted molar refractivity (Wildman–Crippen MR) is 79.8 cm³/mol. The van der Waals surface area contributed by atoms with E-state index in [4.69, 9.17) is 4.74 Å². The fourth-order valence-electron chi connectivity index (χ4n) is 3.12. The number of hydrogen-bond acceptors (Lipinski definition) is 4. The molecule has 21 heavy (non-hydrogen) atoms. The van der Waals surface area contributed by atoms with Crippen LogP contribution in [0.25, 0.3) is 0 Å². The Kier molecular flexibility index (Phi) is 3.55. The number of carbonyl (C=O) groups is 2. The Labute approximate surface area is 124 Å². The van der Waals surface area contributed by atoms with E-state index in [0.717, 1.165) is 29.9 Å². The zero-order chi connectivity index (χ0) is 15.1. The fourth-order valence-corrected chi connectivity index (χ4v) is 3.12. The summed E-state index contributed by atoms with van der Waals surface area (Å²) < 4.78 is 5.73. The lowest BCUT2D eigenvalue weighted by Crippen LogP contribution is -2.47. The summed E-state index contributed by atoms with van der Waals surface area (Å²) in [7, 11) is 2.04. The molecule has 2 aliphatic heterocycles. The average molecular weight is 288 g/mol. The van der Waals surface area contributed by atoms with Gasteiger partial charge < -0.3 is 14.5 Å². The van der Waals surface area contributed by atoms with Crippen LogP contribution in [0.2, 0.25) is 0 Å². The molecule has 2 heterocycles. The number of carbonyl (C=O) groups excluding carboxylic acids is 2. The summed E-state index contributed by atoms with van der Waals surface area (Å²) in [6, 6.07) is 3.86. The minimum absolute atomic E-state index is 0.0497. The van der Waals surface area contributed by atoms with Gasteiger partial charge in [-0.1, -0.05) is 12.1 Å². The third-order valence-corrected chi connectivity index (χ3v) is 4.25. The van der Waals surface area contributed by atoms with Crippen LogP contribution in [0.4, 0.5) is 5.69 Å². The lowest BCUT2D eigenvalue weighted by atomic mass is 10.0. The van der Waals surface area contributed by atoms with Crippen molar-refractivity contribution in [1.82, 2.24) is 4.90 Å². The quantitative estimate of drug-likeness (QED) is 0.766. The molecule has 0 aliphatic carbocycles. The molecule has 0 spiro atoms. The van der Waals surface area contributed by atoms with Gasteiger partial charge in [0, 0.05) is 13.1 Å². The van der Waals surface area contributed by atoms with Gasteiger partial charge in [0.25, 0.3) is 11.7 Å². The number of anilines is 1. The molecule has 0 aromatic heterocycles. The summed E-state index contributed by atoms with van der Waals surface area (Å²) >= 11 is 0. The van der Waals surface area contributed by atoms with Crippen molar-refractivity contribution < 1.29 is 14.3 Å². The third kappa shape index (κ3) is 2.36. The standard InChI is InChI=1S/C16H20N2O3/c1-10-4-5-11(2)14-13(10)15(19)16(20)18(14)9-12-8-17(3)6-7-21-12/h4-5,12H,6-9H2,1-3H3. The number of Topliss-reactive ketones (excluding diaryl/α,β-unsaturated/α-hetero) is 1. The molecule has 0 radical (unpaired) electrons. The van der Waals surface area contributed by atoms with Gasteiger partial charge in [0.2, 0.25) is 0 Å². The van der Waals surface area contributed by atoms with Gasteiger partial charge in [0.1, 0.15) is 0 Å². The van der Waals surface area contributed by atoms with Crippen LogP contribution in [-0.4, -0.2) is 56.0 Å². The van der Waals surface area contributed by atoms with Crippen LogP contribution < -0.4 is 4.90 Å². The first-order valence-corrected chi connectivity index (χ1v) is 7.25. The highest BCUT2D eigenvalue weighted by Crippen LogP contribution is 2.34. The molecule has 5 heteroatoms. The van der Waals surface area contributed by atoms with Gasteiger partial charge in [-0.05, 0) is 32.0 Å². The highest BCUT2D eigenvalue weighted by Gasteiger charge is 2.39. The summed E-state index contributed by atoms with van der Waals surface area (Å²) in [4.78, 5) is 28.4. The molecule has 0 saturated carbocycles. The molecule has 0 bridgehead atoms. The van der Waals surface area contributed by atoms with Crippen LogP contribution in [0.3, 0.4) is 0 Å². The number of ketones is 1. The lowest BCUT2D eigenvalue weighted by molar-refractivity contribution is -0.115. The minimum Gasteiger partial charge on any atom is -0.374 e. The summed E-state index contributed by atoms with van der Waals surface area (Å²) in [5.41, 5.74) is 3.14. The Balaban J connectivity index is 1.92. The van der Waals surface area contributed by atoms with E-state index in [9.17, 15) is 9.59 Å². The number of likely N-dealkylation sites (N-methyl/N-ethyl adjacent to an activating group) is 1. The van der Waals surface area contributed by atoms with Crippen LogP contribution >= 0.6 is 0 Å². The predicted octanol–water partition coefficient (Wildman–Crippen LogP) is 1.16. The molecule has 1 aromatic rings. The molecular formula is C16H20N2O3. The summed E-state index contributed by atoms with van der Waals surface area (Å²) in [6.07, 6.45) is -0.0497. The van der Waals surface area contributed by atoms with E-state index in [0.29, 0.717) is 18.7 Å². The molecule has 0 N–H and O–H groups in total. The first-order chi connectivity index (χ1) is 9.99. The summed E-state index contributed by atoms with van der Waals surface area (Å²) in [6.45, 7) is 6.59. The molecule has 1 atom stereocenters. The van der Waals surface area contributed by atoms with Crippen molar-refractivity contribution in [3.8, 4) is 0 Å².